The van der Waals surface area contributed by atoms with Crippen LogP contribution in [0.2, 0.25) is 0 Å². The topological polar surface area (TPSA) is 38.8 Å². The SMILES string of the molecule is COc1cc2c(cc1OC)CN(C(=O)C[C@H]1C[C@H]3CC[C@@H]1C3)CC2. The average Bonchev–Trinajstić information content (AvgIpc) is 3.22. The molecule has 0 unspecified atom stereocenters. The maximum Gasteiger partial charge on any atom is 0.223 e. The summed E-state index contributed by atoms with van der Waals surface area (Å²) in [6, 6.07) is 4.09. The molecule has 1 heterocycles. The fourth-order valence-electron chi connectivity index (χ4n) is 5.08. The highest BCUT2D eigenvalue weighted by molar-refractivity contribution is 5.77. The Morgan fingerprint density at radius 2 is 1.88 bits per heavy atom. The van der Waals surface area contributed by atoms with Gasteiger partial charge in [0.25, 0.3) is 0 Å². The van der Waals surface area contributed by atoms with E-state index in [1.807, 2.05) is 11.0 Å². The van der Waals surface area contributed by atoms with Crippen molar-refractivity contribution in [3.05, 3.63) is 23.3 Å². The Balaban J connectivity index is 1.44. The zero-order chi connectivity index (χ0) is 16.7. The Labute approximate surface area is 144 Å². The third-order valence-corrected chi connectivity index (χ3v) is 6.39. The molecule has 2 bridgehead atoms. The summed E-state index contributed by atoms with van der Waals surface area (Å²) < 4.78 is 10.8. The van der Waals surface area contributed by atoms with Crippen LogP contribution in [0.25, 0.3) is 0 Å². The second-order valence-corrected chi connectivity index (χ2v) is 7.68. The van der Waals surface area contributed by atoms with E-state index in [9.17, 15) is 4.79 Å². The number of fused-ring (bicyclic) bond motifs is 3. The molecule has 0 saturated heterocycles. The molecule has 2 saturated carbocycles. The lowest BCUT2D eigenvalue weighted by molar-refractivity contribution is -0.133. The molecule has 4 nitrogen and oxygen atoms in total. The van der Waals surface area contributed by atoms with Gasteiger partial charge in [0, 0.05) is 19.5 Å². The van der Waals surface area contributed by atoms with Gasteiger partial charge in [-0.25, -0.2) is 0 Å². The van der Waals surface area contributed by atoms with E-state index < -0.39 is 0 Å². The van der Waals surface area contributed by atoms with Crippen LogP contribution in [0.4, 0.5) is 0 Å². The van der Waals surface area contributed by atoms with Crippen molar-refractivity contribution in [3.63, 3.8) is 0 Å². The van der Waals surface area contributed by atoms with Crippen molar-refractivity contribution in [1.82, 2.24) is 4.90 Å². The van der Waals surface area contributed by atoms with Crippen molar-refractivity contribution in [2.75, 3.05) is 20.8 Å². The molecule has 0 N–H and O–H groups in total. The van der Waals surface area contributed by atoms with Crippen LogP contribution in [-0.4, -0.2) is 31.6 Å². The molecule has 1 amide bonds. The van der Waals surface area contributed by atoms with E-state index >= 15 is 0 Å². The predicted molar refractivity (Wildman–Crippen MR) is 92.2 cm³/mol. The molecule has 1 aromatic rings. The smallest absolute Gasteiger partial charge is 0.223 e. The van der Waals surface area contributed by atoms with Crippen LogP contribution in [-0.2, 0) is 17.8 Å². The third kappa shape index (κ3) is 2.76. The number of hydrogen-bond donors (Lipinski definition) is 0. The van der Waals surface area contributed by atoms with Gasteiger partial charge >= 0.3 is 0 Å². The fraction of sp³-hybridized carbons (Fsp3) is 0.650. The summed E-state index contributed by atoms with van der Waals surface area (Å²) in [5.74, 6) is 4.24. The van der Waals surface area contributed by atoms with Gasteiger partial charge in [0.2, 0.25) is 5.91 Å². The highest BCUT2D eigenvalue weighted by Gasteiger charge is 2.40. The second kappa shape index (κ2) is 6.30. The van der Waals surface area contributed by atoms with Crippen molar-refractivity contribution in [2.45, 2.75) is 45.1 Å². The van der Waals surface area contributed by atoms with Gasteiger partial charge in [-0.15, -0.1) is 0 Å². The lowest BCUT2D eigenvalue weighted by atomic mass is 9.86. The summed E-state index contributed by atoms with van der Waals surface area (Å²) >= 11 is 0. The summed E-state index contributed by atoms with van der Waals surface area (Å²) in [6.45, 7) is 1.53. The van der Waals surface area contributed by atoms with Gasteiger partial charge in [0.15, 0.2) is 11.5 Å². The van der Waals surface area contributed by atoms with Gasteiger partial charge in [0.05, 0.1) is 14.2 Å². The minimum atomic E-state index is 0.341. The molecule has 24 heavy (non-hydrogen) atoms. The second-order valence-electron chi connectivity index (χ2n) is 7.68. The number of hydrogen-bond acceptors (Lipinski definition) is 3. The van der Waals surface area contributed by atoms with Crippen molar-refractivity contribution in [2.24, 2.45) is 17.8 Å². The molecular weight excluding hydrogens is 302 g/mol. The summed E-state index contributed by atoms with van der Waals surface area (Å²) in [6.07, 6.45) is 7.06. The Kier molecular flexibility index (Phi) is 4.15. The summed E-state index contributed by atoms with van der Waals surface area (Å²) in [5, 5.41) is 0. The minimum absolute atomic E-state index is 0.341. The molecule has 130 valence electrons. The Morgan fingerprint density at radius 1 is 1.12 bits per heavy atom. The fourth-order valence-corrected chi connectivity index (χ4v) is 5.08. The number of methoxy groups -OCH3 is 2. The first-order valence-electron chi connectivity index (χ1n) is 9.19. The van der Waals surface area contributed by atoms with E-state index in [1.54, 1.807) is 14.2 Å². The average molecular weight is 329 g/mol. The largest absolute Gasteiger partial charge is 0.493 e. The van der Waals surface area contributed by atoms with Crippen molar-refractivity contribution in [3.8, 4) is 11.5 Å². The molecule has 1 aromatic carbocycles. The van der Waals surface area contributed by atoms with Gasteiger partial charge in [-0.1, -0.05) is 6.42 Å². The number of rotatable bonds is 4. The first-order chi connectivity index (χ1) is 11.7. The number of benzene rings is 1. The summed E-state index contributed by atoms with van der Waals surface area (Å²) in [7, 11) is 3.32. The third-order valence-electron chi connectivity index (χ3n) is 6.39. The molecule has 0 radical (unpaired) electrons. The Morgan fingerprint density at radius 3 is 2.50 bits per heavy atom. The van der Waals surface area contributed by atoms with E-state index in [4.69, 9.17) is 9.47 Å². The number of amides is 1. The lowest BCUT2D eigenvalue weighted by Gasteiger charge is -2.31. The molecule has 0 spiro atoms. The molecule has 3 aliphatic rings. The van der Waals surface area contributed by atoms with Crippen LogP contribution in [0.3, 0.4) is 0 Å². The molecule has 4 heteroatoms. The van der Waals surface area contributed by atoms with Gasteiger partial charge < -0.3 is 14.4 Å². The molecule has 1 aliphatic heterocycles. The quantitative estimate of drug-likeness (QED) is 0.850. The first kappa shape index (κ1) is 15.8. The number of carbonyl (C=O) groups is 1. The Hall–Kier alpha value is -1.71. The normalized spacial score (nSPS) is 27.9. The van der Waals surface area contributed by atoms with E-state index in [2.05, 4.69) is 6.07 Å². The number of ether oxygens (including phenoxy) is 2. The van der Waals surface area contributed by atoms with Crippen LogP contribution < -0.4 is 9.47 Å². The maximum atomic E-state index is 12.8. The van der Waals surface area contributed by atoms with E-state index in [0.29, 0.717) is 18.4 Å². The van der Waals surface area contributed by atoms with Crippen LogP contribution in [0.15, 0.2) is 12.1 Å². The highest BCUT2D eigenvalue weighted by atomic mass is 16.5. The van der Waals surface area contributed by atoms with Crippen molar-refractivity contribution >= 4 is 5.91 Å². The zero-order valence-electron chi connectivity index (χ0n) is 14.7. The molecule has 2 aliphatic carbocycles. The van der Waals surface area contributed by atoms with E-state index in [-0.39, 0.29) is 0 Å². The van der Waals surface area contributed by atoms with Crippen LogP contribution in [0.5, 0.6) is 11.5 Å². The molecule has 4 rings (SSSR count). The highest BCUT2D eigenvalue weighted by Crippen LogP contribution is 2.49. The van der Waals surface area contributed by atoms with Crippen molar-refractivity contribution < 1.29 is 14.3 Å². The monoisotopic (exact) mass is 329 g/mol. The van der Waals surface area contributed by atoms with Crippen molar-refractivity contribution in [1.29, 1.82) is 0 Å². The maximum absolute atomic E-state index is 12.8. The summed E-state index contributed by atoms with van der Waals surface area (Å²) in [4.78, 5) is 14.8. The first-order valence-corrected chi connectivity index (χ1v) is 9.19. The van der Waals surface area contributed by atoms with Gasteiger partial charge in [-0.05, 0) is 66.7 Å². The molecular formula is C20H27NO3. The zero-order valence-corrected chi connectivity index (χ0v) is 14.7. The number of nitrogens with zero attached hydrogens (tertiary/aromatic N) is 1. The van der Waals surface area contributed by atoms with Crippen LogP contribution in [0, 0.1) is 17.8 Å². The van der Waals surface area contributed by atoms with Gasteiger partial charge in [0.1, 0.15) is 0 Å². The summed E-state index contributed by atoms with van der Waals surface area (Å²) in [5.41, 5.74) is 2.47. The van der Waals surface area contributed by atoms with Gasteiger partial charge in [-0.3, -0.25) is 4.79 Å². The predicted octanol–water partition coefficient (Wildman–Crippen LogP) is 3.41. The molecule has 2 fully saturated rings. The van der Waals surface area contributed by atoms with Gasteiger partial charge in [-0.2, -0.15) is 0 Å². The Bertz CT molecular complexity index is 642. The van der Waals surface area contributed by atoms with Crippen LogP contribution in [0.1, 0.15) is 43.2 Å². The standard InChI is InChI=1S/C20H27NO3/c1-23-18-9-15-5-6-21(12-17(15)10-19(18)24-2)20(22)11-16-8-13-3-4-14(16)7-13/h9-10,13-14,16H,3-8,11-12H2,1-2H3/t13-,14+,16+/m0/s1. The molecule has 3 atom stereocenters. The number of carbonyl (C=O) groups excluding carboxylic acids is 1. The van der Waals surface area contributed by atoms with Crippen LogP contribution >= 0.6 is 0 Å². The molecule has 0 aromatic heterocycles. The van der Waals surface area contributed by atoms with E-state index in [1.165, 1.54) is 36.8 Å². The minimum Gasteiger partial charge on any atom is -0.493 e. The lowest BCUT2D eigenvalue weighted by Crippen LogP contribution is -2.37. The van der Waals surface area contributed by atoms with E-state index in [0.717, 1.165) is 42.7 Å².